The van der Waals surface area contributed by atoms with Gasteiger partial charge in [0.25, 0.3) is 0 Å². The molecule has 2 fully saturated rings. The Balaban J connectivity index is 0.000000194. The van der Waals surface area contributed by atoms with Gasteiger partial charge >= 0.3 is 11.4 Å². The second-order valence-electron chi connectivity index (χ2n) is 32.3. The highest BCUT2D eigenvalue weighted by Crippen LogP contribution is 2.51. The van der Waals surface area contributed by atoms with Crippen LogP contribution in [0.5, 0.6) is 23.0 Å². The molecule has 2 aliphatic heterocycles. The van der Waals surface area contributed by atoms with Crippen molar-refractivity contribution in [2.24, 2.45) is 0 Å². The monoisotopic (exact) mass is 1690 g/mol. The van der Waals surface area contributed by atoms with E-state index in [2.05, 4.69) is 54.5 Å². The molecule has 12 aromatic carbocycles. The van der Waals surface area contributed by atoms with E-state index >= 15 is 8.78 Å². The molecule has 2 saturated heterocycles. The van der Waals surface area contributed by atoms with E-state index in [4.69, 9.17) is 42.3 Å². The third kappa shape index (κ3) is 17.5. The molecule has 2 aromatic heterocycles. The summed E-state index contributed by atoms with van der Waals surface area (Å²) in [6.07, 6.45) is -8.20. The number of benzene rings is 12. The summed E-state index contributed by atoms with van der Waals surface area (Å²) in [5.41, 5.74) is 3.49. The summed E-state index contributed by atoms with van der Waals surface area (Å²) in [5, 5.41) is 7.11. The van der Waals surface area contributed by atoms with E-state index < -0.39 is 91.2 Å². The molecule has 0 aliphatic carbocycles. The highest BCUT2D eigenvalue weighted by Gasteiger charge is 2.56. The zero-order valence-electron chi connectivity index (χ0n) is 71.0. The fourth-order valence-electron chi connectivity index (χ4n) is 16.6. The van der Waals surface area contributed by atoms with Crippen LogP contribution in [-0.2, 0) is 50.4 Å². The Morgan fingerprint density at radius 2 is 0.624 bits per heavy atom. The van der Waals surface area contributed by atoms with Crippen molar-refractivity contribution in [2.75, 3.05) is 45.7 Å². The number of alkyl halides is 2. The SMILES string of the molecule is COc1ccc(C(Nc2ccn([C@@H]3O[C@H](C=O)[C@@H](OC(c4ccccc4)(c4ccccc4)c4ccc(OC)cc4)[C@@H]3F)c(=O)n2)(c2ccccc2)c2ccccc2)cc1.COc1ccc(C(Nc2ccn([C@@H]3O[C@H](CO[Si](C)(C)C(C)(C)C)[C@@H](OC(c4ccccc4)(c4ccccc4)c4ccc(OC)cc4)[C@@H]3F)c(=O)n2)(c2ccccc2)c2ccccc2)cc1. The van der Waals surface area contributed by atoms with E-state index in [9.17, 15) is 14.4 Å². The maximum atomic E-state index is 18.0. The summed E-state index contributed by atoms with van der Waals surface area (Å²) in [6.45, 7) is 10.8. The molecule has 125 heavy (non-hydrogen) atoms. The smallest absolute Gasteiger partial charge is 0.351 e. The van der Waals surface area contributed by atoms with E-state index in [0.717, 1.165) is 54.6 Å². The number of aromatic nitrogens is 4. The van der Waals surface area contributed by atoms with Crippen molar-refractivity contribution in [3.8, 4) is 23.0 Å². The van der Waals surface area contributed by atoms with Gasteiger partial charge in [-0.3, -0.25) is 9.13 Å². The second-order valence-corrected chi connectivity index (χ2v) is 37.1. The number of hydrogen-bond acceptors (Lipinski definition) is 16. The first-order valence-corrected chi connectivity index (χ1v) is 44.4. The lowest BCUT2D eigenvalue weighted by molar-refractivity contribution is -0.131. The van der Waals surface area contributed by atoms with Crippen molar-refractivity contribution in [1.82, 2.24) is 19.1 Å². The lowest BCUT2D eigenvalue weighted by Gasteiger charge is -2.40. The maximum Gasteiger partial charge on any atom is 0.351 e. The van der Waals surface area contributed by atoms with Crippen LogP contribution in [-0.4, -0.2) is 106 Å². The normalized spacial score (nSPS) is 17.9. The zero-order chi connectivity index (χ0) is 87.4. The topological polar surface area (TPSA) is 194 Å². The zero-order valence-corrected chi connectivity index (χ0v) is 72.0. The van der Waals surface area contributed by atoms with Gasteiger partial charge in [0.05, 0.1) is 35.0 Å². The van der Waals surface area contributed by atoms with Crippen LogP contribution >= 0.6 is 0 Å². The molecule has 0 amide bonds. The van der Waals surface area contributed by atoms with Gasteiger partial charge in [0.2, 0.25) is 0 Å². The maximum absolute atomic E-state index is 18.0. The van der Waals surface area contributed by atoms with Crippen LogP contribution in [0.4, 0.5) is 20.4 Å². The summed E-state index contributed by atoms with van der Waals surface area (Å²) in [4.78, 5) is 50.4. The van der Waals surface area contributed by atoms with Gasteiger partial charge < -0.3 is 57.7 Å². The summed E-state index contributed by atoms with van der Waals surface area (Å²) in [7, 11) is 4.05. The largest absolute Gasteiger partial charge is 0.497 e. The van der Waals surface area contributed by atoms with Gasteiger partial charge in [-0.25, -0.2) is 18.4 Å². The van der Waals surface area contributed by atoms with E-state index in [1.54, 1.807) is 58.9 Å². The number of carbonyl (C=O) groups excluding carboxylic acids is 1. The van der Waals surface area contributed by atoms with E-state index in [0.29, 0.717) is 46.0 Å². The van der Waals surface area contributed by atoms with Gasteiger partial charge in [0, 0.05) is 12.4 Å². The van der Waals surface area contributed by atoms with Gasteiger partial charge in [-0.15, -0.1) is 0 Å². The first-order chi connectivity index (χ1) is 60.7. The lowest BCUT2D eigenvalue weighted by atomic mass is 9.77. The molecule has 8 atom stereocenters. The fourth-order valence-corrected chi connectivity index (χ4v) is 17.6. The number of methoxy groups -OCH3 is 4. The minimum atomic E-state index is -2.39. The van der Waals surface area contributed by atoms with Crippen LogP contribution in [0.1, 0.15) is 100.0 Å². The van der Waals surface area contributed by atoms with Gasteiger partial charge in [0.15, 0.2) is 39.4 Å². The molecule has 21 heteroatoms. The first kappa shape index (κ1) is 86.7. The molecule has 14 aromatic rings. The Hall–Kier alpha value is -13.3. The number of aldehydes is 1. The molecule has 636 valence electrons. The van der Waals surface area contributed by atoms with Crippen LogP contribution in [0.3, 0.4) is 0 Å². The molecule has 0 bridgehead atoms. The van der Waals surface area contributed by atoms with Crippen molar-refractivity contribution < 1.29 is 55.9 Å². The van der Waals surface area contributed by atoms with Crippen LogP contribution in [0, 0.1) is 0 Å². The number of halogens is 2. The number of hydrogen-bond donors (Lipinski definition) is 2. The summed E-state index contributed by atoms with van der Waals surface area (Å²) in [5.74, 6) is 3.20. The summed E-state index contributed by atoms with van der Waals surface area (Å²) < 4.78 is 93.4. The number of anilines is 2. The fraction of sp³-hybridized carbons (Fsp3) is 0.221. The van der Waals surface area contributed by atoms with Gasteiger partial charge in [0.1, 0.15) is 81.3 Å². The van der Waals surface area contributed by atoms with Crippen LogP contribution in [0.2, 0.25) is 18.1 Å². The Labute approximate surface area is 728 Å². The molecule has 4 heterocycles. The van der Waals surface area contributed by atoms with Crippen molar-refractivity contribution >= 4 is 26.2 Å². The molecule has 18 nitrogen and oxygen atoms in total. The Bertz CT molecular complexity index is 5820. The average molecular weight is 1690 g/mol. The minimum Gasteiger partial charge on any atom is -0.497 e. The number of rotatable bonds is 30. The highest BCUT2D eigenvalue weighted by atomic mass is 28.4. The van der Waals surface area contributed by atoms with Gasteiger partial charge in [-0.1, -0.05) is 312 Å². The molecule has 0 unspecified atom stereocenters. The highest BCUT2D eigenvalue weighted by molar-refractivity contribution is 6.74. The van der Waals surface area contributed by atoms with E-state index in [-0.39, 0.29) is 23.3 Å². The molecule has 2 aliphatic rings. The van der Waals surface area contributed by atoms with E-state index in [1.807, 2.05) is 328 Å². The summed E-state index contributed by atoms with van der Waals surface area (Å²) in [6, 6.07) is 112. The third-order valence-corrected chi connectivity index (χ3v) is 28.6. The van der Waals surface area contributed by atoms with Crippen LogP contribution in [0.25, 0.3) is 0 Å². The van der Waals surface area contributed by atoms with E-state index in [1.165, 1.54) is 10.8 Å². The minimum absolute atomic E-state index is 0.0424. The van der Waals surface area contributed by atoms with Crippen molar-refractivity contribution in [3.63, 3.8) is 0 Å². The molecule has 0 saturated carbocycles. The molecule has 2 N–H and O–H groups in total. The Kier molecular flexibility index (Phi) is 26.2. The molecular formula is C104H100F2N6O12Si. The molecular weight excluding hydrogens is 1590 g/mol. The quantitative estimate of drug-likeness (QED) is 0.0245. The summed E-state index contributed by atoms with van der Waals surface area (Å²) >= 11 is 0. The van der Waals surface area contributed by atoms with Crippen LogP contribution in [0.15, 0.2) is 374 Å². The van der Waals surface area contributed by atoms with Crippen LogP contribution < -0.4 is 41.0 Å². The van der Waals surface area contributed by atoms with Crippen molar-refractivity contribution in [3.05, 3.63) is 452 Å². The predicted molar refractivity (Wildman–Crippen MR) is 484 cm³/mol. The average Bonchev–Trinajstić information content (AvgIpc) is 1.69. The van der Waals surface area contributed by atoms with Gasteiger partial charge in [-0.2, -0.15) is 9.97 Å². The van der Waals surface area contributed by atoms with Crippen molar-refractivity contribution in [2.45, 2.75) is 110 Å². The first-order valence-electron chi connectivity index (χ1n) is 41.5. The Morgan fingerprint density at radius 1 is 0.368 bits per heavy atom. The number of nitrogens with one attached hydrogen (secondary N) is 2. The second kappa shape index (κ2) is 37.8. The number of ether oxygens (including phenoxy) is 8. The number of carbonyl (C=O) groups is 1. The number of nitrogens with zero attached hydrogens (tertiary/aromatic N) is 4. The van der Waals surface area contributed by atoms with Crippen molar-refractivity contribution in [1.29, 1.82) is 0 Å². The predicted octanol–water partition coefficient (Wildman–Crippen LogP) is 19.8. The lowest BCUT2D eigenvalue weighted by Crippen LogP contribution is -2.47. The Morgan fingerprint density at radius 3 is 0.904 bits per heavy atom. The molecule has 0 spiro atoms. The molecule has 16 rings (SSSR count). The molecule has 0 radical (unpaired) electrons. The van der Waals surface area contributed by atoms with Gasteiger partial charge in [-0.05, 0) is 146 Å². The third-order valence-electron chi connectivity index (χ3n) is 24.1. The standard InChI is InChI=1S/C55H58FN3O6Si.C49H42FN3O6/c1-53(2,3)66(6,7)63-38-47-50(65-55(42-24-16-10-17-25-42,43-26-18-11-19-27-43)44-30-34-46(62-5)35-31-44)49(56)51(64-47)59-37-36-48(57-52(59)60)58-54(39-20-12-8-13-21-39,40-22-14-9-15-23-40)41-28-32-45(61-4)33-29-41;1-56-40-27-23-36(24-28-40)48(34-15-7-3-8-16-34,35-17-9-4-10-18-35)52-43-31-32-53(47(55)51-43)46-44(50)45(42(33-54)58-46)59-49(37-19-11-5-12-20-37,38-21-13-6-14-22-38)39-25-29-41(57-2)30-26-39/h8-37,47,49-51H,38H2,1-7H3,(H,57,58,60);3-33,42,44-46H,1-2H3,(H,51,52,55)/t47-,49+,50-,51-;42-,44+,45-,46-/m11/s1.